The molecule has 5 rings (SSSR count). The number of carbonyl (C=O) groups is 1. The highest BCUT2D eigenvalue weighted by atomic mass is 32.1. The monoisotopic (exact) mass is 459 g/mol. The van der Waals surface area contributed by atoms with Crippen molar-refractivity contribution >= 4 is 33.5 Å². The molecule has 2 amide bonds. The molecule has 8 heteroatoms. The van der Waals surface area contributed by atoms with E-state index >= 15 is 0 Å². The van der Waals surface area contributed by atoms with E-state index in [1.165, 1.54) is 56.2 Å². The first-order chi connectivity index (χ1) is 15.5. The summed E-state index contributed by atoms with van der Waals surface area (Å²) >= 11 is 1.48. The second-order valence-corrected chi connectivity index (χ2v) is 10.7. The molecule has 0 spiro atoms. The Labute approximate surface area is 193 Å². The summed E-state index contributed by atoms with van der Waals surface area (Å²) in [6, 6.07) is 6.49. The van der Waals surface area contributed by atoms with Crippen molar-refractivity contribution in [2.75, 3.05) is 38.6 Å². The number of hydrogen-bond donors (Lipinski definition) is 1. The fourth-order valence-electron chi connectivity index (χ4n) is 5.72. The van der Waals surface area contributed by atoms with Gasteiger partial charge in [0.2, 0.25) is 0 Å². The predicted octanol–water partition coefficient (Wildman–Crippen LogP) is 4.31. The van der Waals surface area contributed by atoms with Crippen molar-refractivity contribution in [2.45, 2.75) is 63.1 Å². The summed E-state index contributed by atoms with van der Waals surface area (Å²) in [4.78, 5) is 18.6. The number of nitrogens with one attached hydrogen (secondary N) is 1. The Kier molecular flexibility index (Phi) is 6.25. The van der Waals surface area contributed by atoms with Crippen molar-refractivity contribution in [3.63, 3.8) is 0 Å². The Morgan fingerprint density at radius 1 is 1.16 bits per heavy atom. The van der Waals surface area contributed by atoms with E-state index in [0.717, 1.165) is 47.8 Å². The maximum absolute atomic E-state index is 13.8. The Bertz CT molecular complexity index is 957. The second-order valence-electron chi connectivity index (χ2n) is 9.94. The second kappa shape index (κ2) is 9.14. The van der Waals surface area contributed by atoms with Gasteiger partial charge in [0.05, 0.1) is 4.70 Å². The molecule has 3 aliphatic rings. The lowest BCUT2D eigenvalue weighted by atomic mass is 9.80. The maximum atomic E-state index is 13.8. The Balaban J connectivity index is 1.13. The molecule has 2 heterocycles. The molecular formula is C24H34FN5OS. The molecule has 2 saturated carbocycles. The smallest absolute Gasteiger partial charge is 0.317 e. The van der Waals surface area contributed by atoms with Crippen LogP contribution in [0.1, 0.15) is 44.9 Å². The predicted molar refractivity (Wildman–Crippen MR) is 128 cm³/mol. The number of rotatable bonds is 5. The van der Waals surface area contributed by atoms with Crippen molar-refractivity contribution in [1.29, 1.82) is 0 Å². The third kappa shape index (κ3) is 4.31. The Morgan fingerprint density at radius 2 is 1.94 bits per heavy atom. The molecule has 2 unspecified atom stereocenters. The van der Waals surface area contributed by atoms with E-state index in [-0.39, 0.29) is 11.8 Å². The van der Waals surface area contributed by atoms with Gasteiger partial charge in [0.25, 0.3) is 0 Å². The quantitative estimate of drug-likeness (QED) is 0.724. The number of amides is 2. The zero-order valence-electron chi connectivity index (χ0n) is 19.1. The van der Waals surface area contributed by atoms with Gasteiger partial charge in [-0.2, -0.15) is 4.37 Å². The minimum atomic E-state index is -0.182. The molecule has 1 aromatic carbocycles. The SMILES string of the molecule is CN(C)C(=O)NC1CCC(CCN2CCN(c3nsc4ccc(F)cc34)C3CCC32)CC1. The van der Waals surface area contributed by atoms with Crippen molar-refractivity contribution in [2.24, 2.45) is 5.92 Å². The van der Waals surface area contributed by atoms with Crippen molar-refractivity contribution in [3.8, 4) is 0 Å². The zero-order chi connectivity index (χ0) is 22.2. The minimum Gasteiger partial charge on any atom is -0.349 e. The van der Waals surface area contributed by atoms with E-state index in [1.807, 2.05) is 6.07 Å². The number of fused-ring (bicyclic) bond motifs is 2. The number of anilines is 1. The highest BCUT2D eigenvalue weighted by molar-refractivity contribution is 7.13. The van der Waals surface area contributed by atoms with Crippen LogP contribution in [0.3, 0.4) is 0 Å². The van der Waals surface area contributed by atoms with Gasteiger partial charge < -0.3 is 15.1 Å². The summed E-state index contributed by atoms with van der Waals surface area (Å²) in [5.74, 6) is 1.57. The van der Waals surface area contributed by atoms with E-state index in [2.05, 4.69) is 15.1 Å². The number of carbonyl (C=O) groups excluding carboxylic acids is 1. The van der Waals surface area contributed by atoms with Crippen molar-refractivity contribution < 1.29 is 9.18 Å². The first-order valence-corrected chi connectivity index (χ1v) is 12.8. The van der Waals surface area contributed by atoms with Gasteiger partial charge in [-0.1, -0.05) is 0 Å². The number of hydrogen-bond acceptors (Lipinski definition) is 5. The topological polar surface area (TPSA) is 51.7 Å². The van der Waals surface area contributed by atoms with E-state index in [4.69, 9.17) is 4.37 Å². The molecule has 174 valence electrons. The van der Waals surface area contributed by atoms with Crippen LogP contribution in [0.15, 0.2) is 18.2 Å². The fourth-order valence-corrected chi connectivity index (χ4v) is 6.48. The summed E-state index contributed by atoms with van der Waals surface area (Å²) < 4.78 is 19.6. The first-order valence-electron chi connectivity index (χ1n) is 12.0. The molecule has 2 atom stereocenters. The summed E-state index contributed by atoms with van der Waals surface area (Å²) in [6.45, 7) is 3.20. The third-order valence-electron chi connectivity index (χ3n) is 7.79. The Morgan fingerprint density at radius 3 is 2.66 bits per heavy atom. The van der Waals surface area contributed by atoms with Gasteiger partial charge in [0, 0.05) is 50.7 Å². The molecule has 0 bridgehead atoms. The number of piperazine rings is 1. The summed E-state index contributed by atoms with van der Waals surface area (Å²) in [7, 11) is 3.59. The molecule has 2 aliphatic carbocycles. The molecule has 6 nitrogen and oxygen atoms in total. The molecule has 1 saturated heterocycles. The fraction of sp³-hybridized carbons (Fsp3) is 0.667. The Hall–Kier alpha value is -1.93. The van der Waals surface area contributed by atoms with Gasteiger partial charge >= 0.3 is 6.03 Å². The number of halogens is 1. The number of aromatic nitrogens is 1. The van der Waals surface area contributed by atoms with Crippen LogP contribution < -0.4 is 10.2 Å². The van der Waals surface area contributed by atoms with E-state index in [0.29, 0.717) is 18.1 Å². The van der Waals surface area contributed by atoms with Gasteiger partial charge in [0.1, 0.15) is 5.82 Å². The average Bonchev–Trinajstić information content (AvgIpc) is 3.16. The van der Waals surface area contributed by atoms with Gasteiger partial charge in [-0.05, 0) is 87.1 Å². The molecular weight excluding hydrogens is 425 g/mol. The highest BCUT2D eigenvalue weighted by Gasteiger charge is 2.43. The van der Waals surface area contributed by atoms with Crippen LogP contribution in [0.25, 0.3) is 10.1 Å². The largest absolute Gasteiger partial charge is 0.349 e. The van der Waals surface area contributed by atoms with Crippen LogP contribution in [0.5, 0.6) is 0 Å². The number of nitrogens with zero attached hydrogens (tertiary/aromatic N) is 4. The lowest BCUT2D eigenvalue weighted by Crippen LogP contribution is -2.65. The summed E-state index contributed by atoms with van der Waals surface area (Å²) in [6.07, 6.45) is 8.32. The first kappa shape index (κ1) is 21.9. The summed E-state index contributed by atoms with van der Waals surface area (Å²) in [5, 5.41) is 4.11. The number of benzene rings is 1. The van der Waals surface area contributed by atoms with E-state index in [9.17, 15) is 9.18 Å². The molecule has 0 radical (unpaired) electrons. The standard InChI is InChI=1S/C24H34FN5OS/c1-28(2)24(31)26-18-6-3-16(4-7-18)11-12-29-13-14-30(21-9-8-20(21)29)23-19-15-17(25)5-10-22(19)32-27-23/h5,10,15-16,18,20-21H,3-4,6-9,11-14H2,1-2H3,(H,26,31). The van der Waals surface area contributed by atoms with Crippen LogP contribution in [0.2, 0.25) is 0 Å². The van der Waals surface area contributed by atoms with Gasteiger partial charge in [-0.3, -0.25) is 4.90 Å². The molecule has 1 N–H and O–H groups in total. The maximum Gasteiger partial charge on any atom is 0.317 e. The normalized spacial score (nSPS) is 28.3. The van der Waals surface area contributed by atoms with Crippen LogP contribution in [0.4, 0.5) is 15.0 Å². The van der Waals surface area contributed by atoms with Crippen LogP contribution in [-0.2, 0) is 0 Å². The lowest BCUT2D eigenvalue weighted by Gasteiger charge is -2.54. The van der Waals surface area contributed by atoms with Crippen LogP contribution in [0, 0.1) is 11.7 Å². The van der Waals surface area contributed by atoms with E-state index in [1.54, 1.807) is 25.1 Å². The zero-order valence-corrected chi connectivity index (χ0v) is 19.9. The molecule has 3 fully saturated rings. The van der Waals surface area contributed by atoms with Crippen LogP contribution >= 0.6 is 11.5 Å². The minimum absolute atomic E-state index is 0.0259. The van der Waals surface area contributed by atoms with Gasteiger partial charge in [-0.25, -0.2) is 9.18 Å². The molecule has 1 aliphatic heterocycles. The molecule has 32 heavy (non-hydrogen) atoms. The van der Waals surface area contributed by atoms with Crippen LogP contribution in [-0.4, -0.2) is 72.1 Å². The molecule has 2 aromatic rings. The average molecular weight is 460 g/mol. The molecule has 1 aromatic heterocycles. The van der Waals surface area contributed by atoms with Gasteiger partial charge in [0.15, 0.2) is 5.82 Å². The number of urea groups is 1. The lowest BCUT2D eigenvalue weighted by molar-refractivity contribution is 0.0646. The van der Waals surface area contributed by atoms with Crippen molar-refractivity contribution in [3.05, 3.63) is 24.0 Å². The van der Waals surface area contributed by atoms with Gasteiger partial charge in [-0.15, -0.1) is 0 Å². The highest BCUT2D eigenvalue weighted by Crippen LogP contribution is 2.40. The third-order valence-corrected chi connectivity index (χ3v) is 8.61. The summed E-state index contributed by atoms with van der Waals surface area (Å²) in [5.41, 5.74) is 0. The van der Waals surface area contributed by atoms with E-state index < -0.39 is 0 Å². The van der Waals surface area contributed by atoms with Crippen molar-refractivity contribution in [1.82, 2.24) is 19.5 Å².